The SMILES string of the molecule is CC(C)c1nc(N)cc(Oc2ccc(S(C)(=O)=O)cc2)n1. The van der Waals surface area contributed by atoms with Crippen LogP contribution in [-0.4, -0.2) is 24.6 Å². The lowest BCUT2D eigenvalue weighted by atomic mass is 10.2. The van der Waals surface area contributed by atoms with E-state index in [-0.39, 0.29) is 10.8 Å². The van der Waals surface area contributed by atoms with Gasteiger partial charge in [-0.25, -0.2) is 13.4 Å². The molecule has 1 aromatic carbocycles. The maximum absolute atomic E-state index is 11.4. The van der Waals surface area contributed by atoms with Gasteiger partial charge in [0.2, 0.25) is 5.88 Å². The number of nitrogens with zero attached hydrogens (tertiary/aromatic N) is 2. The van der Waals surface area contributed by atoms with Gasteiger partial charge in [0.25, 0.3) is 0 Å². The van der Waals surface area contributed by atoms with Crippen LogP contribution < -0.4 is 10.5 Å². The van der Waals surface area contributed by atoms with Crippen molar-refractivity contribution in [1.29, 1.82) is 0 Å². The Kier molecular flexibility index (Phi) is 4.13. The quantitative estimate of drug-likeness (QED) is 0.931. The Hall–Kier alpha value is -2.15. The van der Waals surface area contributed by atoms with Gasteiger partial charge in [0.05, 0.1) is 4.90 Å². The van der Waals surface area contributed by atoms with Gasteiger partial charge in [-0.3, -0.25) is 0 Å². The number of nitrogens with two attached hydrogens (primary N) is 1. The normalized spacial score (nSPS) is 11.6. The molecule has 0 fully saturated rings. The molecule has 2 aromatic rings. The zero-order valence-corrected chi connectivity index (χ0v) is 12.9. The van der Waals surface area contributed by atoms with E-state index >= 15 is 0 Å². The van der Waals surface area contributed by atoms with Crippen LogP contribution in [0.3, 0.4) is 0 Å². The summed E-state index contributed by atoms with van der Waals surface area (Å²) in [4.78, 5) is 8.63. The van der Waals surface area contributed by atoms with E-state index in [0.717, 1.165) is 6.26 Å². The first-order valence-corrected chi connectivity index (χ1v) is 8.27. The number of hydrogen-bond acceptors (Lipinski definition) is 6. The van der Waals surface area contributed by atoms with E-state index in [0.29, 0.717) is 23.3 Å². The molecule has 0 saturated carbocycles. The van der Waals surface area contributed by atoms with E-state index in [4.69, 9.17) is 10.5 Å². The second-order valence-corrected chi connectivity index (χ2v) is 7.01. The molecule has 1 heterocycles. The highest BCUT2D eigenvalue weighted by Gasteiger charge is 2.10. The molecule has 0 unspecified atom stereocenters. The zero-order valence-electron chi connectivity index (χ0n) is 12.1. The van der Waals surface area contributed by atoms with Crippen LogP contribution in [0.25, 0.3) is 0 Å². The summed E-state index contributed by atoms with van der Waals surface area (Å²) in [6.45, 7) is 3.92. The van der Waals surface area contributed by atoms with E-state index < -0.39 is 9.84 Å². The number of benzene rings is 1. The number of ether oxygens (including phenoxy) is 1. The van der Waals surface area contributed by atoms with Gasteiger partial charge in [0, 0.05) is 18.2 Å². The Morgan fingerprint density at radius 2 is 1.76 bits per heavy atom. The highest BCUT2D eigenvalue weighted by molar-refractivity contribution is 7.90. The van der Waals surface area contributed by atoms with E-state index in [2.05, 4.69) is 9.97 Å². The van der Waals surface area contributed by atoms with Crippen molar-refractivity contribution in [3.8, 4) is 11.6 Å². The first-order valence-electron chi connectivity index (χ1n) is 6.38. The Labute approximate surface area is 123 Å². The highest BCUT2D eigenvalue weighted by Crippen LogP contribution is 2.24. The van der Waals surface area contributed by atoms with Gasteiger partial charge in [-0.05, 0) is 24.3 Å². The molecule has 0 amide bonds. The molecule has 0 radical (unpaired) electrons. The van der Waals surface area contributed by atoms with Gasteiger partial charge in [0.1, 0.15) is 17.4 Å². The molecule has 112 valence electrons. The minimum absolute atomic E-state index is 0.128. The van der Waals surface area contributed by atoms with Gasteiger partial charge in [-0.15, -0.1) is 0 Å². The largest absolute Gasteiger partial charge is 0.439 e. The van der Waals surface area contributed by atoms with Crippen LogP contribution in [0, 0.1) is 0 Å². The molecule has 0 aliphatic rings. The van der Waals surface area contributed by atoms with Gasteiger partial charge >= 0.3 is 0 Å². The molecule has 0 saturated heterocycles. The maximum atomic E-state index is 11.4. The molecule has 7 heteroatoms. The van der Waals surface area contributed by atoms with Gasteiger partial charge < -0.3 is 10.5 Å². The molecule has 0 atom stereocenters. The lowest BCUT2D eigenvalue weighted by Gasteiger charge is -2.09. The van der Waals surface area contributed by atoms with Crippen molar-refractivity contribution in [1.82, 2.24) is 9.97 Å². The summed E-state index contributed by atoms with van der Waals surface area (Å²) >= 11 is 0. The lowest BCUT2D eigenvalue weighted by molar-refractivity contribution is 0.457. The Morgan fingerprint density at radius 1 is 1.14 bits per heavy atom. The molecule has 0 bridgehead atoms. The summed E-state index contributed by atoms with van der Waals surface area (Å²) in [5.74, 6) is 1.87. The third kappa shape index (κ3) is 3.91. The lowest BCUT2D eigenvalue weighted by Crippen LogP contribution is -2.03. The predicted octanol–water partition coefficient (Wildman–Crippen LogP) is 2.38. The number of hydrogen-bond donors (Lipinski definition) is 1. The third-order valence-corrected chi connectivity index (χ3v) is 3.86. The molecule has 0 aliphatic carbocycles. The third-order valence-electron chi connectivity index (χ3n) is 2.73. The van der Waals surface area contributed by atoms with E-state index in [1.165, 1.54) is 18.2 Å². The fourth-order valence-corrected chi connectivity index (χ4v) is 2.28. The second-order valence-electron chi connectivity index (χ2n) is 4.99. The molecule has 2 N–H and O–H groups in total. The van der Waals surface area contributed by atoms with Crippen molar-refractivity contribution in [3.63, 3.8) is 0 Å². The highest BCUT2D eigenvalue weighted by atomic mass is 32.2. The molecule has 6 nitrogen and oxygen atoms in total. The maximum Gasteiger partial charge on any atom is 0.224 e. The standard InChI is InChI=1S/C14H17N3O3S/c1-9(2)14-16-12(15)8-13(17-14)20-10-4-6-11(7-5-10)21(3,18)19/h4-9H,1-3H3,(H2,15,16,17). The van der Waals surface area contributed by atoms with Crippen molar-refractivity contribution >= 4 is 15.7 Å². The molecule has 2 rings (SSSR count). The summed E-state index contributed by atoms with van der Waals surface area (Å²) in [6.07, 6.45) is 1.16. The molecular weight excluding hydrogens is 290 g/mol. The predicted molar refractivity (Wildman–Crippen MR) is 80.2 cm³/mol. The topological polar surface area (TPSA) is 95.2 Å². The van der Waals surface area contributed by atoms with Crippen molar-refractivity contribution in [2.45, 2.75) is 24.7 Å². The number of aromatic nitrogens is 2. The van der Waals surface area contributed by atoms with Crippen molar-refractivity contribution < 1.29 is 13.2 Å². The Balaban J connectivity index is 2.26. The molecule has 21 heavy (non-hydrogen) atoms. The number of anilines is 1. The first-order chi connectivity index (χ1) is 9.75. The molecule has 1 aromatic heterocycles. The van der Waals surface area contributed by atoms with Crippen LogP contribution in [0.15, 0.2) is 35.2 Å². The summed E-state index contributed by atoms with van der Waals surface area (Å²) in [6, 6.07) is 7.64. The summed E-state index contributed by atoms with van der Waals surface area (Å²) in [5.41, 5.74) is 5.72. The molecule has 0 spiro atoms. The summed E-state index contributed by atoms with van der Waals surface area (Å²) in [7, 11) is -3.22. The minimum Gasteiger partial charge on any atom is -0.439 e. The number of nitrogen functional groups attached to an aromatic ring is 1. The van der Waals surface area contributed by atoms with Crippen LogP contribution in [0.4, 0.5) is 5.82 Å². The van der Waals surface area contributed by atoms with Gasteiger partial charge in [-0.2, -0.15) is 4.98 Å². The van der Waals surface area contributed by atoms with Crippen LogP contribution in [-0.2, 0) is 9.84 Å². The van der Waals surface area contributed by atoms with Gasteiger partial charge in [0.15, 0.2) is 9.84 Å². The van der Waals surface area contributed by atoms with Crippen LogP contribution in [0.5, 0.6) is 11.6 Å². The number of rotatable bonds is 4. The van der Waals surface area contributed by atoms with E-state index in [9.17, 15) is 8.42 Å². The van der Waals surface area contributed by atoms with E-state index in [1.807, 2.05) is 13.8 Å². The average Bonchev–Trinajstić information content (AvgIpc) is 2.37. The van der Waals surface area contributed by atoms with Crippen LogP contribution in [0.2, 0.25) is 0 Å². The van der Waals surface area contributed by atoms with Crippen LogP contribution in [0.1, 0.15) is 25.6 Å². The molecular formula is C14H17N3O3S. The smallest absolute Gasteiger partial charge is 0.224 e. The summed E-state index contributed by atoms with van der Waals surface area (Å²) in [5, 5.41) is 0. The minimum atomic E-state index is -3.22. The summed E-state index contributed by atoms with van der Waals surface area (Å²) < 4.78 is 28.4. The fraction of sp³-hybridized carbons (Fsp3) is 0.286. The van der Waals surface area contributed by atoms with E-state index in [1.54, 1.807) is 12.1 Å². The van der Waals surface area contributed by atoms with Crippen molar-refractivity contribution in [3.05, 3.63) is 36.2 Å². The fourth-order valence-electron chi connectivity index (χ4n) is 1.65. The zero-order chi connectivity index (χ0) is 15.6. The van der Waals surface area contributed by atoms with Crippen molar-refractivity contribution in [2.75, 3.05) is 12.0 Å². The molecule has 0 aliphatic heterocycles. The second kappa shape index (κ2) is 5.69. The Morgan fingerprint density at radius 3 is 2.29 bits per heavy atom. The first kappa shape index (κ1) is 15.2. The monoisotopic (exact) mass is 307 g/mol. The number of sulfone groups is 1. The van der Waals surface area contributed by atoms with Crippen LogP contribution >= 0.6 is 0 Å². The average molecular weight is 307 g/mol. The Bertz CT molecular complexity index is 741. The van der Waals surface area contributed by atoms with Crippen molar-refractivity contribution in [2.24, 2.45) is 0 Å². The van der Waals surface area contributed by atoms with Gasteiger partial charge in [-0.1, -0.05) is 13.8 Å².